The van der Waals surface area contributed by atoms with Crippen LogP contribution in [-0.4, -0.2) is 25.7 Å². The van der Waals surface area contributed by atoms with Crippen LogP contribution in [0.3, 0.4) is 0 Å². The minimum atomic E-state index is -1.01. The number of fused-ring (bicyclic) bond motifs is 1. The molecule has 2 heterocycles. The highest BCUT2D eigenvalue weighted by Crippen LogP contribution is 2.12. The first-order valence-electron chi connectivity index (χ1n) is 5.57. The Morgan fingerprint density at radius 2 is 2.18 bits per heavy atom. The van der Waals surface area contributed by atoms with Crippen LogP contribution in [0, 0.1) is 12.8 Å². The summed E-state index contributed by atoms with van der Waals surface area (Å²) in [6.07, 6.45) is 0.866. The molecule has 2 aromatic rings. The highest BCUT2D eigenvalue weighted by molar-refractivity contribution is 5.86. The minimum absolute atomic E-state index is 0.0611. The van der Waals surface area contributed by atoms with E-state index in [2.05, 4.69) is 23.9 Å². The van der Waals surface area contributed by atoms with Crippen LogP contribution in [0.2, 0.25) is 0 Å². The average Bonchev–Trinajstić information content (AvgIpc) is 2.59. The first-order chi connectivity index (χ1) is 7.97. The molecule has 0 aromatic carbocycles. The summed E-state index contributed by atoms with van der Waals surface area (Å²) in [4.78, 5) is 15.0. The van der Waals surface area contributed by atoms with E-state index in [9.17, 15) is 4.79 Å². The largest absolute Gasteiger partial charge is 0.477 e. The van der Waals surface area contributed by atoms with Gasteiger partial charge in [-0.05, 0) is 25.3 Å². The Labute approximate surface area is 99.1 Å². The van der Waals surface area contributed by atoms with Crippen molar-refractivity contribution in [3.8, 4) is 0 Å². The van der Waals surface area contributed by atoms with Crippen molar-refractivity contribution >= 4 is 11.6 Å². The van der Waals surface area contributed by atoms with Crippen molar-refractivity contribution in [1.29, 1.82) is 0 Å². The van der Waals surface area contributed by atoms with Gasteiger partial charge in [0.15, 0.2) is 11.3 Å². The fourth-order valence-electron chi connectivity index (χ4n) is 1.80. The highest BCUT2D eigenvalue weighted by Gasteiger charge is 2.11. The molecule has 17 heavy (non-hydrogen) atoms. The van der Waals surface area contributed by atoms with Crippen LogP contribution in [0.15, 0.2) is 12.1 Å². The zero-order valence-electron chi connectivity index (χ0n) is 10.1. The third kappa shape index (κ3) is 2.27. The van der Waals surface area contributed by atoms with Gasteiger partial charge in [0.2, 0.25) is 0 Å². The van der Waals surface area contributed by atoms with E-state index in [1.165, 1.54) is 6.07 Å². The second-order valence-corrected chi connectivity index (χ2v) is 4.59. The molecule has 0 saturated heterocycles. The van der Waals surface area contributed by atoms with Gasteiger partial charge in [0, 0.05) is 11.8 Å². The monoisotopic (exact) mass is 233 g/mol. The summed E-state index contributed by atoms with van der Waals surface area (Å²) >= 11 is 0. The molecule has 0 aliphatic carbocycles. The molecule has 0 atom stereocenters. The van der Waals surface area contributed by atoms with Crippen molar-refractivity contribution in [3.63, 3.8) is 0 Å². The van der Waals surface area contributed by atoms with Crippen molar-refractivity contribution in [2.24, 2.45) is 5.92 Å². The summed E-state index contributed by atoms with van der Waals surface area (Å²) in [5.41, 5.74) is 2.38. The lowest BCUT2D eigenvalue weighted by Gasteiger charge is -2.00. The number of aromatic nitrogens is 3. The second kappa shape index (κ2) is 4.16. The maximum atomic E-state index is 10.9. The molecule has 90 valence electrons. The molecule has 0 bridgehead atoms. The van der Waals surface area contributed by atoms with Gasteiger partial charge in [-0.2, -0.15) is 5.10 Å². The van der Waals surface area contributed by atoms with Crippen LogP contribution in [0.1, 0.15) is 35.7 Å². The fraction of sp³-hybridized carbons (Fsp3) is 0.417. The Bertz CT molecular complexity index is 572. The summed E-state index contributed by atoms with van der Waals surface area (Å²) in [6, 6.07) is 3.38. The van der Waals surface area contributed by atoms with Crippen molar-refractivity contribution in [2.75, 3.05) is 0 Å². The topological polar surface area (TPSA) is 67.5 Å². The third-order valence-corrected chi connectivity index (χ3v) is 2.49. The molecule has 5 heteroatoms. The minimum Gasteiger partial charge on any atom is -0.477 e. The van der Waals surface area contributed by atoms with Crippen LogP contribution in [0.25, 0.3) is 5.65 Å². The zero-order valence-corrected chi connectivity index (χ0v) is 10.1. The van der Waals surface area contributed by atoms with Crippen LogP contribution in [0.4, 0.5) is 0 Å². The van der Waals surface area contributed by atoms with Crippen molar-refractivity contribution in [2.45, 2.75) is 27.2 Å². The second-order valence-electron chi connectivity index (χ2n) is 4.59. The van der Waals surface area contributed by atoms with E-state index in [0.717, 1.165) is 17.8 Å². The molecule has 2 aromatic heterocycles. The van der Waals surface area contributed by atoms with Crippen LogP contribution in [0.5, 0.6) is 0 Å². The normalized spacial score (nSPS) is 11.3. The summed E-state index contributed by atoms with van der Waals surface area (Å²) in [5.74, 6) is -0.499. The van der Waals surface area contributed by atoms with Gasteiger partial charge in [-0.3, -0.25) is 0 Å². The van der Waals surface area contributed by atoms with Gasteiger partial charge in [0.05, 0.1) is 5.69 Å². The molecule has 0 aliphatic rings. The van der Waals surface area contributed by atoms with Crippen molar-refractivity contribution in [1.82, 2.24) is 14.6 Å². The highest BCUT2D eigenvalue weighted by atomic mass is 16.4. The fourth-order valence-corrected chi connectivity index (χ4v) is 1.80. The van der Waals surface area contributed by atoms with Gasteiger partial charge in [-0.25, -0.2) is 14.3 Å². The molecule has 5 nitrogen and oxygen atoms in total. The van der Waals surface area contributed by atoms with Crippen LogP contribution in [-0.2, 0) is 6.42 Å². The molecule has 0 radical (unpaired) electrons. The first kappa shape index (κ1) is 11.6. The number of hydrogen-bond acceptors (Lipinski definition) is 3. The molecule has 2 rings (SSSR count). The number of hydrogen-bond donors (Lipinski definition) is 1. The molecule has 0 unspecified atom stereocenters. The molecule has 0 saturated carbocycles. The quantitative estimate of drug-likeness (QED) is 0.879. The molecular weight excluding hydrogens is 218 g/mol. The Morgan fingerprint density at radius 1 is 1.47 bits per heavy atom. The number of aromatic carboxylic acids is 1. The van der Waals surface area contributed by atoms with Gasteiger partial charge in [-0.15, -0.1) is 0 Å². The SMILES string of the molecule is Cc1cc(C(=O)O)nc2cc(CC(C)C)nn12. The molecule has 0 fully saturated rings. The lowest BCUT2D eigenvalue weighted by Crippen LogP contribution is -2.05. The average molecular weight is 233 g/mol. The van der Waals surface area contributed by atoms with Crippen molar-refractivity contribution in [3.05, 3.63) is 29.2 Å². The number of carbonyl (C=O) groups is 1. The summed E-state index contributed by atoms with van der Waals surface area (Å²) in [6.45, 7) is 6.06. The molecule has 0 amide bonds. The predicted molar refractivity (Wildman–Crippen MR) is 63.2 cm³/mol. The standard InChI is InChI=1S/C12H15N3O2/c1-7(2)4-9-6-11-13-10(12(16)17)5-8(3)15(11)14-9/h5-7H,4H2,1-3H3,(H,16,17). The molecular formula is C12H15N3O2. The summed E-state index contributed by atoms with van der Waals surface area (Å²) < 4.78 is 1.68. The maximum absolute atomic E-state index is 10.9. The van der Waals surface area contributed by atoms with Gasteiger partial charge in [0.25, 0.3) is 0 Å². The smallest absolute Gasteiger partial charge is 0.354 e. The number of carboxylic acid groups (broad SMARTS) is 1. The Hall–Kier alpha value is -1.91. The number of carboxylic acids is 1. The zero-order chi connectivity index (χ0) is 12.6. The number of nitrogens with zero attached hydrogens (tertiary/aromatic N) is 3. The molecule has 1 N–H and O–H groups in total. The molecule has 0 aliphatic heterocycles. The Morgan fingerprint density at radius 3 is 2.76 bits per heavy atom. The van der Waals surface area contributed by atoms with E-state index in [1.807, 2.05) is 13.0 Å². The van der Waals surface area contributed by atoms with Gasteiger partial charge in [0.1, 0.15) is 0 Å². The van der Waals surface area contributed by atoms with Crippen LogP contribution >= 0.6 is 0 Å². The Kier molecular flexibility index (Phi) is 2.83. The lowest BCUT2D eigenvalue weighted by atomic mass is 10.1. The van der Waals surface area contributed by atoms with Crippen LogP contribution < -0.4 is 0 Å². The van der Waals surface area contributed by atoms with E-state index in [4.69, 9.17) is 5.11 Å². The van der Waals surface area contributed by atoms with E-state index in [1.54, 1.807) is 4.52 Å². The number of aryl methyl sites for hydroxylation is 1. The third-order valence-electron chi connectivity index (χ3n) is 2.49. The Balaban J connectivity index is 2.52. The summed E-state index contributed by atoms with van der Waals surface area (Å²) in [7, 11) is 0. The van der Waals surface area contributed by atoms with Gasteiger partial charge >= 0.3 is 5.97 Å². The van der Waals surface area contributed by atoms with Gasteiger partial charge < -0.3 is 5.11 Å². The van der Waals surface area contributed by atoms with E-state index >= 15 is 0 Å². The molecule has 0 spiro atoms. The first-order valence-corrected chi connectivity index (χ1v) is 5.57. The number of rotatable bonds is 3. The van der Waals surface area contributed by atoms with E-state index < -0.39 is 5.97 Å². The predicted octanol–water partition coefficient (Wildman–Crippen LogP) is 1.93. The van der Waals surface area contributed by atoms with E-state index in [-0.39, 0.29) is 5.69 Å². The van der Waals surface area contributed by atoms with E-state index in [0.29, 0.717) is 11.6 Å². The summed E-state index contributed by atoms with van der Waals surface area (Å²) in [5, 5.41) is 13.3. The van der Waals surface area contributed by atoms with Gasteiger partial charge in [-0.1, -0.05) is 13.8 Å². The van der Waals surface area contributed by atoms with Crippen molar-refractivity contribution < 1.29 is 9.90 Å². The lowest BCUT2D eigenvalue weighted by molar-refractivity contribution is 0.0690. The maximum Gasteiger partial charge on any atom is 0.354 e.